The van der Waals surface area contributed by atoms with Gasteiger partial charge in [0.05, 0.1) is 12.9 Å². The standard InChI is InChI=1S/C11H7F2N5O/c12-7-2-1-3-8(13)6(7)4-18-10-9(16-17-18)11(19)15-5-14-10/h1-3,5H,4H2,(H,14,15,19). The van der Waals surface area contributed by atoms with E-state index in [9.17, 15) is 13.6 Å². The van der Waals surface area contributed by atoms with Crippen molar-refractivity contribution in [3.8, 4) is 0 Å². The van der Waals surface area contributed by atoms with Crippen molar-refractivity contribution >= 4 is 11.2 Å². The van der Waals surface area contributed by atoms with Crippen LogP contribution in [0.4, 0.5) is 8.78 Å². The predicted octanol–water partition coefficient (Wildman–Crippen LogP) is 0.841. The Balaban J connectivity index is 2.12. The quantitative estimate of drug-likeness (QED) is 0.743. The van der Waals surface area contributed by atoms with Gasteiger partial charge in [-0.1, -0.05) is 11.3 Å². The van der Waals surface area contributed by atoms with Gasteiger partial charge in [0.15, 0.2) is 11.2 Å². The first-order chi connectivity index (χ1) is 9.16. The van der Waals surface area contributed by atoms with E-state index in [1.165, 1.54) is 17.1 Å². The number of halogens is 2. The third-order valence-corrected chi connectivity index (χ3v) is 2.68. The molecule has 96 valence electrons. The molecule has 0 aliphatic rings. The van der Waals surface area contributed by atoms with Crippen LogP contribution < -0.4 is 5.56 Å². The summed E-state index contributed by atoms with van der Waals surface area (Å²) in [4.78, 5) is 17.7. The average molecular weight is 263 g/mol. The molecule has 0 spiro atoms. The molecule has 3 aromatic rings. The summed E-state index contributed by atoms with van der Waals surface area (Å²) in [5.74, 6) is -1.37. The third-order valence-electron chi connectivity index (χ3n) is 2.68. The lowest BCUT2D eigenvalue weighted by molar-refractivity contribution is 0.531. The minimum atomic E-state index is -0.687. The SMILES string of the molecule is O=c1[nH]cnc2c1nnn2Cc1c(F)cccc1F. The first-order valence-corrected chi connectivity index (χ1v) is 5.36. The zero-order valence-electron chi connectivity index (χ0n) is 9.47. The van der Waals surface area contributed by atoms with E-state index in [1.807, 2.05) is 0 Å². The average Bonchev–Trinajstić information content (AvgIpc) is 2.79. The van der Waals surface area contributed by atoms with E-state index in [-0.39, 0.29) is 23.3 Å². The molecule has 0 aliphatic carbocycles. The van der Waals surface area contributed by atoms with Crippen molar-refractivity contribution in [1.29, 1.82) is 0 Å². The van der Waals surface area contributed by atoms with Crippen LogP contribution in [0, 0.1) is 11.6 Å². The summed E-state index contributed by atoms with van der Waals surface area (Å²) >= 11 is 0. The summed E-state index contributed by atoms with van der Waals surface area (Å²) in [7, 11) is 0. The zero-order valence-corrected chi connectivity index (χ0v) is 9.47. The Labute approximate surface area is 104 Å². The molecule has 0 atom stereocenters. The summed E-state index contributed by atoms with van der Waals surface area (Å²) in [6.45, 7) is -0.189. The molecule has 0 fully saturated rings. The van der Waals surface area contributed by atoms with Crippen LogP contribution in [0.1, 0.15) is 5.56 Å². The molecule has 0 unspecified atom stereocenters. The van der Waals surface area contributed by atoms with Gasteiger partial charge in [-0.25, -0.2) is 18.4 Å². The molecule has 0 radical (unpaired) electrons. The molecule has 0 saturated carbocycles. The number of fused-ring (bicyclic) bond motifs is 1. The smallest absolute Gasteiger partial charge is 0.280 e. The van der Waals surface area contributed by atoms with Crippen molar-refractivity contribution < 1.29 is 8.78 Å². The zero-order chi connectivity index (χ0) is 13.4. The second kappa shape index (κ2) is 4.23. The van der Waals surface area contributed by atoms with Gasteiger partial charge in [-0.3, -0.25) is 4.79 Å². The Morgan fingerprint density at radius 1 is 1.26 bits per heavy atom. The summed E-state index contributed by atoms with van der Waals surface area (Å²) in [6, 6.07) is 3.58. The number of aromatic nitrogens is 5. The molecule has 0 aliphatic heterocycles. The fourth-order valence-corrected chi connectivity index (χ4v) is 1.74. The molecular formula is C11H7F2N5O. The molecule has 6 nitrogen and oxygen atoms in total. The van der Waals surface area contributed by atoms with Gasteiger partial charge in [0.2, 0.25) is 0 Å². The predicted molar refractivity (Wildman–Crippen MR) is 61.4 cm³/mol. The van der Waals surface area contributed by atoms with Gasteiger partial charge in [-0.2, -0.15) is 0 Å². The van der Waals surface area contributed by atoms with E-state index in [4.69, 9.17) is 0 Å². The van der Waals surface area contributed by atoms with Gasteiger partial charge >= 0.3 is 0 Å². The number of rotatable bonds is 2. The van der Waals surface area contributed by atoms with Crippen LogP contribution in [0.15, 0.2) is 29.3 Å². The van der Waals surface area contributed by atoms with Crippen molar-refractivity contribution in [1.82, 2.24) is 25.0 Å². The lowest BCUT2D eigenvalue weighted by Crippen LogP contribution is -2.09. The Morgan fingerprint density at radius 2 is 2.00 bits per heavy atom. The van der Waals surface area contributed by atoms with Crippen LogP contribution in [0.2, 0.25) is 0 Å². The number of hydrogen-bond donors (Lipinski definition) is 1. The number of H-pyrrole nitrogens is 1. The van der Waals surface area contributed by atoms with Gasteiger partial charge in [-0.05, 0) is 12.1 Å². The normalized spacial score (nSPS) is 11.1. The third kappa shape index (κ3) is 1.86. The molecule has 19 heavy (non-hydrogen) atoms. The molecule has 0 saturated heterocycles. The molecule has 2 aromatic heterocycles. The van der Waals surface area contributed by atoms with Crippen molar-refractivity contribution in [3.63, 3.8) is 0 Å². The first-order valence-electron chi connectivity index (χ1n) is 5.36. The Hall–Kier alpha value is -2.64. The molecule has 8 heteroatoms. The van der Waals surface area contributed by atoms with E-state index in [0.717, 1.165) is 12.1 Å². The van der Waals surface area contributed by atoms with Crippen LogP contribution >= 0.6 is 0 Å². The summed E-state index contributed by atoms with van der Waals surface area (Å²) in [6.07, 6.45) is 1.18. The highest BCUT2D eigenvalue weighted by Crippen LogP contribution is 2.14. The van der Waals surface area contributed by atoms with E-state index < -0.39 is 17.2 Å². The summed E-state index contributed by atoms with van der Waals surface area (Å²) < 4.78 is 28.2. The van der Waals surface area contributed by atoms with Gasteiger partial charge in [0, 0.05) is 5.56 Å². The highest BCUT2D eigenvalue weighted by atomic mass is 19.1. The van der Waals surface area contributed by atoms with Crippen LogP contribution in [-0.2, 0) is 6.54 Å². The van der Waals surface area contributed by atoms with Gasteiger partial charge in [-0.15, -0.1) is 5.10 Å². The Kier molecular flexibility index (Phi) is 2.55. The van der Waals surface area contributed by atoms with Crippen LogP contribution in [0.25, 0.3) is 11.2 Å². The Bertz CT molecular complexity index is 790. The van der Waals surface area contributed by atoms with E-state index in [1.54, 1.807) is 0 Å². The van der Waals surface area contributed by atoms with Gasteiger partial charge in [0.1, 0.15) is 11.6 Å². The second-order valence-electron chi connectivity index (χ2n) is 3.85. The lowest BCUT2D eigenvalue weighted by atomic mass is 10.2. The fourth-order valence-electron chi connectivity index (χ4n) is 1.74. The minimum Gasteiger partial charge on any atom is -0.311 e. The van der Waals surface area contributed by atoms with Gasteiger partial charge in [0.25, 0.3) is 5.56 Å². The summed E-state index contributed by atoms with van der Waals surface area (Å²) in [5.41, 5.74) is -0.410. The number of benzene rings is 1. The first kappa shape index (κ1) is 11.5. The maximum absolute atomic E-state index is 13.5. The Morgan fingerprint density at radius 3 is 2.74 bits per heavy atom. The van der Waals surface area contributed by atoms with Crippen LogP contribution in [0.5, 0.6) is 0 Å². The maximum Gasteiger partial charge on any atom is 0.280 e. The fraction of sp³-hybridized carbons (Fsp3) is 0.0909. The number of hydrogen-bond acceptors (Lipinski definition) is 4. The van der Waals surface area contributed by atoms with Crippen molar-refractivity contribution in [2.24, 2.45) is 0 Å². The minimum absolute atomic E-state index is 0.0271. The highest BCUT2D eigenvalue weighted by Gasteiger charge is 2.14. The lowest BCUT2D eigenvalue weighted by Gasteiger charge is -2.04. The summed E-state index contributed by atoms with van der Waals surface area (Å²) in [5, 5.41) is 7.32. The number of nitrogens with zero attached hydrogens (tertiary/aromatic N) is 4. The molecule has 3 rings (SSSR count). The van der Waals surface area contributed by atoms with Crippen molar-refractivity contribution in [2.45, 2.75) is 6.54 Å². The second-order valence-corrected chi connectivity index (χ2v) is 3.85. The van der Waals surface area contributed by atoms with Crippen molar-refractivity contribution in [2.75, 3.05) is 0 Å². The maximum atomic E-state index is 13.5. The van der Waals surface area contributed by atoms with Crippen molar-refractivity contribution in [3.05, 3.63) is 52.1 Å². The topological polar surface area (TPSA) is 76.5 Å². The van der Waals surface area contributed by atoms with E-state index >= 15 is 0 Å². The van der Waals surface area contributed by atoms with Crippen LogP contribution in [0.3, 0.4) is 0 Å². The number of nitrogens with one attached hydrogen (secondary N) is 1. The molecule has 2 heterocycles. The van der Waals surface area contributed by atoms with Gasteiger partial charge < -0.3 is 4.98 Å². The highest BCUT2D eigenvalue weighted by molar-refractivity contribution is 5.67. The van der Waals surface area contributed by atoms with E-state index in [0.29, 0.717) is 0 Å². The molecule has 1 N–H and O–H groups in total. The van der Waals surface area contributed by atoms with E-state index in [2.05, 4.69) is 20.3 Å². The monoisotopic (exact) mass is 263 g/mol. The molecule has 0 bridgehead atoms. The molecule has 0 amide bonds. The molecule has 1 aromatic carbocycles. The van der Waals surface area contributed by atoms with Crippen LogP contribution in [-0.4, -0.2) is 25.0 Å². The molecular weight excluding hydrogens is 256 g/mol. The number of aromatic amines is 1. The largest absolute Gasteiger partial charge is 0.311 e.